The van der Waals surface area contributed by atoms with Gasteiger partial charge in [0.25, 0.3) is 0 Å². The van der Waals surface area contributed by atoms with Crippen LogP contribution in [0.25, 0.3) is 0 Å². The quantitative estimate of drug-likeness (QED) is 0.312. The zero-order chi connectivity index (χ0) is 29.9. The van der Waals surface area contributed by atoms with Crippen molar-refractivity contribution in [1.82, 2.24) is 15.5 Å². The van der Waals surface area contributed by atoms with Gasteiger partial charge in [0.15, 0.2) is 6.29 Å². The summed E-state index contributed by atoms with van der Waals surface area (Å²) in [5.74, 6) is 2.43. The van der Waals surface area contributed by atoms with Crippen molar-refractivity contribution in [2.75, 3.05) is 19.6 Å². The van der Waals surface area contributed by atoms with Crippen molar-refractivity contribution in [2.45, 2.75) is 114 Å². The van der Waals surface area contributed by atoms with Crippen molar-refractivity contribution < 1.29 is 19.4 Å². The number of hydrogen-bond donors (Lipinski definition) is 3. The Kier molecular flexibility index (Phi) is 9.27. The average molecular weight is 602 g/mol. The van der Waals surface area contributed by atoms with Crippen LogP contribution in [0.15, 0.2) is 48.5 Å². The zero-order valence-electron chi connectivity index (χ0n) is 26.2. The van der Waals surface area contributed by atoms with Crippen LogP contribution in [0.2, 0.25) is 0 Å². The Morgan fingerprint density at radius 3 is 2.00 bits per heavy atom. The number of nitrogens with one attached hydrogen (secondary N) is 2. The molecule has 238 valence electrons. The second-order valence-corrected chi connectivity index (χ2v) is 14.7. The Labute approximate surface area is 263 Å². The van der Waals surface area contributed by atoms with E-state index in [4.69, 9.17) is 9.47 Å². The van der Waals surface area contributed by atoms with Gasteiger partial charge in [-0.25, -0.2) is 4.79 Å². The van der Waals surface area contributed by atoms with E-state index in [0.717, 1.165) is 85.3 Å². The number of amides is 2. The van der Waals surface area contributed by atoms with Crippen LogP contribution < -0.4 is 10.6 Å². The summed E-state index contributed by atoms with van der Waals surface area (Å²) >= 11 is 0. The van der Waals surface area contributed by atoms with Crippen LogP contribution in [0.5, 0.6) is 0 Å². The number of nitrogens with zero attached hydrogens (tertiary/aromatic N) is 1. The highest BCUT2D eigenvalue weighted by atomic mass is 16.7. The molecule has 0 aromatic heterocycles. The predicted octanol–water partition coefficient (Wildman–Crippen LogP) is 6.76. The Morgan fingerprint density at radius 1 is 0.773 bits per heavy atom. The zero-order valence-corrected chi connectivity index (χ0v) is 26.2. The lowest BCUT2D eigenvalue weighted by Crippen LogP contribution is -2.61. The molecule has 44 heavy (non-hydrogen) atoms. The maximum Gasteiger partial charge on any atom is 0.315 e. The van der Waals surface area contributed by atoms with Crippen LogP contribution in [-0.4, -0.2) is 47.3 Å². The third-order valence-electron chi connectivity index (χ3n) is 11.1. The van der Waals surface area contributed by atoms with E-state index in [1.54, 1.807) is 0 Å². The van der Waals surface area contributed by atoms with E-state index in [9.17, 15) is 9.90 Å². The fraction of sp³-hybridized carbons (Fsp3) is 0.649. The highest BCUT2D eigenvalue weighted by Crippen LogP contribution is 2.55. The van der Waals surface area contributed by atoms with Gasteiger partial charge in [0.2, 0.25) is 0 Å². The van der Waals surface area contributed by atoms with Crippen LogP contribution in [0, 0.1) is 17.8 Å². The molecule has 2 saturated heterocycles. The molecular formula is C37H51N3O4. The number of carbonyl (C=O) groups is 1. The molecule has 6 fully saturated rings. The van der Waals surface area contributed by atoms with Crippen LogP contribution in [0.3, 0.4) is 0 Å². The minimum atomic E-state index is -0.451. The molecule has 0 spiro atoms. The molecule has 3 atom stereocenters. The standard InChI is InChI=1S/C37H51N3O4/c41-25-27-8-10-31(11-9-27)34-19-33(24-40-14-4-2-1-3-5-15-40)43-35(44-34)32-12-6-26(7-13-32)23-38-36(42)39-37-20-28-16-29(21-37)18-30(17-28)22-37/h6-13,28-30,33-35,41H,1-5,14-25H2,(H2,38,39,42)/t28?,29?,30?,33-,34+,35+,37?/m1/s1. The first-order valence-corrected chi connectivity index (χ1v) is 17.4. The van der Waals surface area contributed by atoms with E-state index in [1.807, 2.05) is 12.1 Å². The van der Waals surface area contributed by atoms with E-state index in [2.05, 4.69) is 51.9 Å². The van der Waals surface area contributed by atoms with Crippen molar-refractivity contribution in [3.63, 3.8) is 0 Å². The minimum Gasteiger partial charge on any atom is -0.392 e. The van der Waals surface area contributed by atoms with Gasteiger partial charge < -0.3 is 30.1 Å². The summed E-state index contributed by atoms with van der Waals surface area (Å²) in [7, 11) is 0. The summed E-state index contributed by atoms with van der Waals surface area (Å²) < 4.78 is 13.2. The molecule has 2 aromatic carbocycles. The van der Waals surface area contributed by atoms with E-state index >= 15 is 0 Å². The Hall–Kier alpha value is -2.45. The first-order chi connectivity index (χ1) is 21.5. The highest BCUT2D eigenvalue weighted by Gasteiger charge is 2.51. The molecule has 8 rings (SSSR count). The topological polar surface area (TPSA) is 83.1 Å². The normalized spacial score (nSPS) is 33.8. The Morgan fingerprint density at radius 2 is 1.36 bits per heavy atom. The lowest BCUT2D eigenvalue weighted by molar-refractivity contribution is -0.253. The Bertz CT molecular complexity index is 1210. The van der Waals surface area contributed by atoms with Gasteiger partial charge in [-0.3, -0.25) is 0 Å². The summed E-state index contributed by atoms with van der Waals surface area (Å²) in [5.41, 5.74) is 4.13. The minimum absolute atomic E-state index is 0.0242. The third kappa shape index (κ3) is 7.17. The number of carbonyl (C=O) groups excluding carboxylic acids is 1. The van der Waals surface area contributed by atoms with Crippen molar-refractivity contribution in [3.05, 3.63) is 70.8 Å². The largest absolute Gasteiger partial charge is 0.392 e. The number of urea groups is 1. The van der Waals surface area contributed by atoms with Gasteiger partial charge >= 0.3 is 6.03 Å². The Balaban J connectivity index is 0.982. The van der Waals surface area contributed by atoms with E-state index < -0.39 is 6.29 Å². The fourth-order valence-corrected chi connectivity index (χ4v) is 9.34. The molecule has 0 unspecified atom stereocenters. The SMILES string of the molecule is O=C(NCc1ccc([C@H]2O[C@@H](CN3CCCCCCC3)C[C@@H](c3ccc(CO)cc3)O2)cc1)NC12CC3CC(CC(C3)C1)C2. The maximum absolute atomic E-state index is 13.0. The molecule has 4 saturated carbocycles. The third-order valence-corrected chi connectivity index (χ3v) is 11.1. The van der Waals surface area contributed by atoms with Crippen molar-refractivity contribution >= 4 is 6.03 Å². The first kappa shape index (κ1) is 30.2. The van der Waals surface area contributed by atoms with Crippen molar-refractivity contribution in [3.8, 4) is 0 Å². The lowest BCUT2D eigenvalue weighted by atomic mass is 9.53. The van der Waals surface area contributed by atoms with Gasteiger partial charge in [-0.2, -0.15) is 0 Å². The molecule has 3 N–H and O–H groups in total. The van der Waals surface area contributed by atoms with Gasteiger partial charge in [-0.1, -0.05) is 67.8 Å². The molecule has 7 nitrogen and oxygen atoms in total. The number of ether oxygens (including phenoxy) is 2. The molecule has 0 radical (unpaired) electrons. The highest BCUT2D eigenvalue weighted by molar-refractivity contribution is 5.75. The van der Waals surface area contributed by atoms with Crippen LogP contribution in [0.4, 0.5) is 4.79 Å². The second kappa shape index (κ2) is 13.5. The number of hydrogen-bond acceptors (Lipinski definition) is 5. The lowest BCUT2D eigenvalue weighted by Gasteiger charge is -2.56. The van der Waals surface area contributed by atoms with Gasteiger partial charge in [0.05, 0.1) is 18.8 Å². The molecule has 4 aliphatic carbocycles. The van der Waals surface area contributed by atoms with Gasteiger partial charge in [0.1, 0.15) is 0 Å². The molecule has 2 amide bonds. The molecule has 6 aliphatic rings. The van der Waals surface area contributed by atoms with Gasteiger partial charge in [-0.05, 0) is 98.9 Å². The summed E-state index contributed by atoms with van der Waals surface area (Å²) in [4.78, 5) is 15.6. The summed E-state index contributed by atoms with van der Waals surface area (Å²) in [6.45, 7) is 3.74. The maximum atomic E-state index is 13.0. The van der Waals surface area contributed by atoms with Crippen molar-refractivity contribution in [2.24, 2.45) is 17.8 Å². The van der Waals surface area contributed by atoms with E-state index in [-0.39, 0.29) is 30.4 Å². The van der Waals surface area contributed by atoms with Gasteiger partial charge in [-0.15, -0.1) is 0 Å². The molecule has 2 heterocycles. The smallest absolute Gasteiger partial charge is 0.315 e. The van der Waals surface area contributed by atoms with E-state index in [1.165, 1.54) is 51.4 Å². The van der Waals surface area contributed by atoms with Crippen LogP contribution in [0.1, 0.15) is 112 Å². The van der Waals surface area contributed by atoms with Gasteiger partial charge in [0, 0.05) is 30.6 Å². The molecule has 7 heteroatoms. The summed E-state index contributed by atoms with van der Waals surface area (Å²) in [5, 5.41) is 16.1. The molecule has 2 aromatic rings. The fourth-order valence-electron chi connectivity index (χ4n) is 9.34. The summed E-state index contributed by atoms with van der Waals surface area (Å²) in [6, 6.07) is 16.4. The summed E-state index contributed by atoms with van der Waals surface area (Å²) in [6.07, 6.45) is 14.5. The number of rotatable bonds is 8. The number of aliphatic hydroxyl groups is 1. The second-order valence-electron chi connectivity index (χ2n) is 14.7. The predicted molar refractivity (Wildman–Crippen MR) is 171 cm³/mol. The first-order valence-electron chi connectivity index (χ1n) is 17.4. The monoisotopic (exact) mass is 601 g/mol. The molecular weight excluding hydrogens is 550 g/mol. The number of aliphatic hydroxyl groups excluding tert-OH is 1. The molecule has 4 bridgehead atoms. The van der Waals surface area contributed by atoms with Crippen LogP contribution >= 0.6 is 0 Å². The van der Waals surface area contributed by atoms with E-state index in [0.29, 0.717) is 6.54 Å². The van der Waals surface area contributed by atoms with Crippen molar-refractivity contribution in [1.29, 1.82) is 0 Å². The average Bonchev–Trinajstić information content (AvgIpc) is 3.00. The number of benzene rings is 2. The number of likely N-dealkylation sites (tertiary alicyclic amines) is 1. The molecule has 2 aliphatic heterocycles. The van der Waals surface area contributed by atoms with Crippen LogP contribution in [-0.2, 0) is 22.6 Å².